The molecule has 0 N–H and O–H groups in total. The van der Waals surface area contributed by atoms with Gasteiger partial charge in [-0.05, 0) is 26.7 Å². The first-order chi connectivity index (χ1) is 12.9. The van der Waals surface area contributed by atoms with Crippen LogP contribution in [-0.4, -0.2) is 90.1 Å². The minimum Gasteiger partial charge on any atom is -0.361 e. The maximum atomic E-state index is 12.9. The zero-order valence-corrected chi connectivity index (χ0v) is 16.9. The molecule has 2 saturated heterocycles. The predicted molar refractivity (Wildman–Crippen MR) is 101 cm³/mol. The number of rotatable bonds is 3. The molecule has 0 radical (unpaired) electrons. The molecule has 0 unspecified atom stereocenters. The molecule has 0 bridgehead atoms. The Kier molecular flexibility index (Phi) is 6.04. The molecule has 0 saturated carbocycles. The normalized spacial score (nSPS) is 19.4. The van der Waals surface area contributed by atoms with Crippen molar-refractivity contribution in [2.45, 2.75) is 33.2 Å². The average molecular weight is 377 g/mol. The Labute approximate surface area is 161 Å². The van der Waals surface area contributed by atoms with Crippen molar-refractivity contribution in [3.63, 3.8) is 0 Å². The number of hydrogen-bond acceptors (Lipinski definition) is 5. The first-order valence-electron chi connectivity index (χ1n) is 9.76. The Hall–Kier alpha value is -2.09. The molecule has 0 atom stereocenters. The summed E-state index contributed by atoms with van der Waals surface area (Å²) in [5.74, 6) is 1.18. The summed E-state index contributed by atoms with van der Waals surface area (Å²) >= 11 is 0. The summed E-state index contributed by atoms with van der Waals surface area (Å²) in [7, 11) is 3.53. The predicted octanol–water partition coefficient (Wildman–Crippen LogP) is 1.33. The van der Waals surface area contributed by atoms with Gasteiger partial charge in [0.2, 0.25) is 5.91 Å². The number of carbonyl (C=O) groups excluding carboxylic acids is 2. The highest BCUT2D eigenvalue weighted by molar-refractivity contribution is 5.80. The summed E-state index contributed by atoms with van der Waals surface area (Å²) in [6, 6.07) is 0.0360. The SMILES string of the molecule is Cc1noc(C)c1CN1CCN(C(=O)C2CCN(C(=O)N(C)C)CC2)CC1. The molecule has 0 aliphatic carbocycles. The van der Waals surface area contributed by atoms with Crippen LogP contribution in [0, 0.1) is 19.8 Å². The number of nitrogens with zero attached hydrogens (tertiary/aromatic N) is 5. The van der Waals surface area contributed by atoms with E-state index >= 15 is 0 Å². The number of piperazine rings is 1. The zero-order chi connectivity index (χ0) is 19.6. The summed E-state index contributed by atoms with van der Waals surface area (Å²) in [5, 5.41) is 4.02. The van der Waals surface area contributed by atoms with Gasteiger partial charge in [0.15, 0.2) is 0 Å². The van der Waals surface area contributed by atoms with Crippen LogP contribution in [0.15, 0.2) is 4.52 Å². The van der Waals surface area contributed by atoms with Crippen LogP contribution in [0.25, 0.3) is 0 Å². The fourth-order valence-corrected chi connectivity index (χ4v) is 3.94. The second-order valence-corrected chi connectivity index (χ2v) is 7.84. The van der Waals surface area contributed by atoms with E-state index in [1.54, 1.807) is 19.0 Å². The third kappa shape index (κ3) is 4.43. The first kappa shape index (κ1) is 19.7. The maximum absolute atomic E-state index is 12.9. The molecule has 2 aliphatic rings. The maximum Gasteiger partial charge on any atom is 0.319 e. The van der Waals surface area contributed by atoms with Crippen molar-refractivity contribution in [1.29, 1.82) is 0 Å². The molecule has 8 nitrogen and oxygen atoms in total. The summed E-state index contributed by atoms with van der Waals surface area (Å²) in [5.41, 5.74) is 2.11. The molecule has 1 aromatic heterocycles. The van der Waals surface area contributed by atoms with E-state index in [-0.39, 0.29) is 17.9 Å². The average Bonchev–Trinajstić information content (AvgIpc) is 2.99. The molecule has 150 valence electrons. The van der Waals surface area contributed by atoms with E-state index in [2.05, 4.69) is 10.1 Å². The number of likely N-dealkylation sites (tertiary alicyclic amines) is 1. The van der Waals surface area contributed by atoms with E-state index < -0.39 is 0 Å². The van der Waals surface area contributed by atoms with Gasteiger partial charge in [0.25, 0.3) is 0 Å². The molecule has 0 spiro atoms. The van der Waals surface area contributed by atoms with E-state index in [0.29, 0.717) is 13.1 Å². The molecule has 2 fully saturated rings. The standard InChI is InChI=1S/C19H31N5O3/c1-14-17(15(2)27-20-14)13-22-9-11-23(12-10-22)18(25)16-5-7-24(8-6-16)19(26)21(3)4/h16H,5-13H2,1-4H3. The van der Waals surface area contributed by atoms with Gasteiger partial charge in [-0.3, -0.25) is 9.69 Å². The molecular weight excluding hydrogens is 346 g/mol. The Bertz CT molecular complexity index is 651. The fourth-order valence-electron chi connectivity index (χ4n) is 3.94. The number of piperidine rings is 1. The van der Waals surface area contributed by atoms with Crippen molar-refractivity contribution >= 4 is 11.9 Å². The van der Waals surface area contributed by atoms with Gasteiger partial charge in [0.05, 0.1) is 5.69 Å². The van der Waals surface area contributed by atoms with Gasteiger partial charge in [-0.1, -0.05) is 5.16 Å². The Morgan fingerprint density at radius 1 is 1.04 bits per heavy atom. The largest absolute Gasteiger partial charge is 0.361 e. The van der Waals surface area contributed by atoms with Gasteiger partial charge in [-0.2, -0.15) is 0 Å². The monoisotopic (exact) mass is 377 g/mol. The van der Waals surface area contributed by atoms with Gasteiger partial charge >= 0.3 is 6.03 Å². The molecule has 3 amide bonds. The quantitative estimate of drug-likeness (QED) is 0.795. The lowest BCUT2D eigenvalue weighted by Crippen LogP contribution is -2.52. The van der Waals surface area contributed by atoms with E-state index in [4.69, 9.17) is 4.52 Å². The topological polar surface area (TPSA) is 73.1 Å². The van der Waals surface area contributed by atoms with Crippen molar-refractivity contribution < 1.29 is 14.1 Å². The minimum atomic E-state index is 0.0360. The van der Waals surface area contributed by atoms with Crippen LogP contribution in [-0.2, 0) is 11.3 Å². The van der Waals surface area contributed by atoms with Crippen LogP contribution in [0.5, 0.6) is 0 Å². The van der Waals surface area contributed by atoms with Crippen LogP contribution >= 0.6 is 0 Å². The van der Waals surface area contributed by atoms with Crippen LogP contribution in [0.3, 0.4) is 0 Å². The lowest BCUT2D eigenvalue weighted by atomic mass is 9.95. The van der Waals surface area contributed by atoms with E-state index in [9.17, 15) is 9.59 Å². The molecule has 3 heterocycles. The van der Waals surface area contributed by atoms with Gasteiger partial charge in [-0.25, -0.2) is 4.79 Å². The van der Waals surface area contributed by atoms with Crippen LogP contribution in [0.1, 0.15) is 29.9 Å². The van der Waals surface area contributed by atoms with Crippen molar-refractivity contribution in [2.24, 2.45) is 5.92 Å². The third-order valence-corrected chi connectivity index (χ3v) is 5.74. The van der Waals surface area contributed by atoms with Gasteiger partial charge in [0.1, 0.15) is 5.76 Å². The molecule has 0 aromatic carbocycles. The van der Waals surface area contributed by atoms with Crippen LogP contribution in [0.2, 0.25) is 0 Å². The van der Waals surface area contributed by atoms with Crippen molar-refractivity contribution in [2.75, 3.05) is 53.4 Å². The molecule has 8 heteroatoms. The summed E-state index contributed by atoms with van der Waals surface area (Å²) in [4.78, 5) is 32.7. The van der Waals surface area contributed by atoms with E-state index in [1.165, 1.54) is 0 Å². The zero-order valence-electron chi connectivity index (χ0n) is 16.9. The van der Waals surface area contributed by atoms with Gasteiger partial charge in [0, 0.05) is 71.4 Å². The number of carbonyl (C=O) groups is 2. The third-order valence-electron chi connectivity index (χ3n) is 5.74. The highest BCUT2D eigenvalue weighted by Gasteiger charge is 2.32. The Morgan fingerprint density at radius 3 is 2.19 bits per heavy atom. The molecule has 3 rings (SSSR count). The summed E-state index contributed by atoms with van der Waals surface area (Å²) in [6.07, 6.45) is 1.52. The first-order valence-corrected chi connectivity index (χ1v) is 9.76. The van der Waals surface area contributed by atoms with Gasteiger partial charge in [-0.15, -0.1) is 0 Å². The number of aromatic nitrogens is 1. The molecule has 1 aromatic rings. The Morgan fingerprint density at radius 2 is 1.67 bits per heavy atom. The Balaban J connectivity index is 1.46. The van der Waals surface area contributed by atoms with Crippen LogP contribution in [0.4, 0.5) is 4.79 Å². The number of hydrogen-bond donors (Lipinski definition) is 0. The number of urea groups is 1. The second-order valence-electron chi connectivity index (χ2n) is 7.84. The summed E-state index contributed by atoms with van der Waals surface area (Å²) < 4.78 is 5.24. The van der Waals surface area contributed by atoms with Crippen LogP contribution < -0.4 is 0 Å². The van der Waals surface area contributed by atoms with Crippen molar-refractivity contribution in [3.05, 3.63) is 17.0 Å². The highest BCUT2D eigenvalue weighted by Crippen LogP contribution is 2.22. The smallest absolute Gasteiger partial charge is 0.319 e. The lowest BCUT2D eigenvalue weighted by Gasteiger charge is -2.39. The lowest BCUT2D eigenvalue weighted by molar-refractivity contribution is -0.138. The highest BCUT2D eigenvalue weighted by atomic mass is 16.5. The van der Waals surface area contributed by atoms with Gasteiger partial charge < -0.3 is 19.2 Å². The van der Waals surface area contributed by atoms with Crippen molar-refractivity contribution in [3.8, 4) is 0 Å². The van der Waals surface area contributed by atoms with E-state index in [0.717, 1.165) is 62.6 Å². The number of amides is 3. The van der Waals surface area contributed by atoms with E-state index in [1.807, 2.05) is 23.6 Å². The van der Waals surface area contributed by atoms with Crippen molar-refractivity contribution in [1.82, 2.24) is 24.8 Å². The second kappa shape index (κ2) is 8.29. The minimum absolute atomic E-state index is 0.0360. The number of aryl methyl sites for hydroxylation is 2. The fraction of sp³-hybridized carbons (Fsp3) is 0.737. The molecule has 27 heavy (non-hydrogen) atoms. The molecule has 2 aliphatic heterocycles. The molecular formula is C19H31N5O3. The summed E-state index contributed by atoms with van der Waals surface area (Å²) in [6.45, 7) is 9.34.